The minimum atomic E-state index is -4.87. The number of nitriles is 1. The van der Waals surface area contributed by atoms with Crippen molar-refractivity contribution in [2.45, 2.75) is 55.9 Å². The number of aromatic nitrogens is 2. The summed E-state index contributed by atoms with van der Waals surface area (Å²) in [5.74, 6) is -1.09. The van der Waals surface area contributed by atoms with Crippen LogP contribution in [-0.4, -0.2) is 29.4 Å². The van der Waals surface area contributed by atoms with E-state index in [-0.39, 0.29) is 36.5 Å². The van der Waals surface area contributed by atoms with Crippen LogP contribution in [0, 0.1) is 17.1 Å². The summed E-state index contributed by atoms with van der Waals surface area (Å²) in [6.07, 6.45) is -2.98. The Bertz CT molecular complexity index is 1470. The van der Waals surface area contributed by atoms with Gasteiger partial charge in [0.15, 0.2) is 0 Å². The fraction of sp³-hybridized carbons (Fsp3) is 0.391. The van der Waals surface area contributed by atoms with Crippen molar-refractivity contribution in [3.05, 3.63) is 53.0 Å². The predicted molar refractivity (Wildman–Crippen MR) is 117 cm³/mol. The third-order valence-corrected chi connectivity index (χ3v) is 8.34. The number of sulfonamides is 1. The lowest BCUT2D eigenvalue weighted by Crippen LogP contribution is -2.28. The SMILES string of the molecule is N#Cc1cccc(C(F)(F)F)c1-c1nc2c(cc1F)c(CNS(=O)(=O)C1CC1)cn2C1CC(F)C1. The molecule has 35 heavy (non-hydrogen) atoms. The molecule has 3 aromatic rings. The van der Waals surface area contributed by atoms with Gasteiger partial charge in [-0.3, -0.25) is 0 Å². The maximum atomic E-state index is 15.3. The minimum absolute atomic E-state index is 0.0970. The number of benzene rings is 1. The molecule has 0 aliphatic heterocycles. The van der Waals surface area contributed by atoms with E-state index in [9.17, 15) is 31.2 Å². The summed E-state index contributed by atoms with van der Waals surface area (Å²) < 4.78 is 98.7. The van der Waals surface area contributed by atoms with Crippen LogP contribution in [0.25, 0.3) is 22.3 Å². The molecular weight excluding hydrogens is 491 g/mol. The monoisotopic (exact) mass is 510 g/mol. The predicted octanol–water partition coefficient (Wildman–Crippen LogP) is 4.99. The number of pyridine rings is 1. The first-order valence-corrected chi connectivity index (χ1v) is 12.5. The maximum Gasteiger partial charge on any atom is 0.417 e. The highest BCUT2D eigenvalue weighted by molar-refractivity contribution is 7.90. The number of nitrogens with zero attached hydrogens (tertiary/aromatic N) is 3. The number of nitrogens with one attached hydrogen (secondary N) is 1. The summed E-state index contributed by atoms with van der Waals surface area (Å²) in [6.45, 7) is -0.169. The molecule has 0 unspecified atom stereocenters. The molecule has 1 N–H and O–H groups in total. The Morgan fingerprint density at radius 1 is 1.23 bits per heavy atom. The molecule has 2 aliphatic rings. The quantitative estimate of drug-likeness (QED) is 0.474. The van der Waals surface area contributed by atoms with Gasteiger partial charge in [-0.2, -0.15) is 18.4 Å². The molecule has 5 rings (SSSR count). The molecule has 0 spiro atoms. The second-order valence-corrected chi connectivity index (χ2v) is 10.9. The summed E-state index contributed by atoms with van der Waals surface area (Å²) in [7, 11) is -3.55. The van der Waals surface area contributed by atoms with E-state index in [0.717, 1.165) is 24.3 Å². The first kappa shape index (κ1) is 23.7. The fourth-order valence-corrected chi connectivity index (χ4v) is 5.71. The lowest BCUT2D eigenvalue weighted by molar-refractivity contribution is -0.137. The lowest BCUT2D eigenvalue weighted by atomic mass is 9.90. The molecule has 0 bridgehead atoms. The van der Waals surface area contributed by atoms with Crippen LogP contribution >= 0.6 is 0 Å². The van der Waals surface area contributed by atoms with Crippen molar-refractivity contribution >= 4 is 21.1 Å². The van der Waals surface area contributed by atoms with Gasteiger partial charge in [0, 0.05) is 29.7 Å². The second-order valence-electron chi connectivity index (χ2n) is 8.88. The largest absolute Gasteiger partial charge is 0.417 e. The third kappa shape index (κ3) is 4.27. The summed E-state index contributed by atoms with van der Waals surface area (Å²) >= 11 is 0. The number of fused-ring (bicyclic) bond motifs is 1. The van der Waals surface area contributed by atoms with Crippen molar-refractivity contribution in [3.63, 3.8) is 0 Å². The number of alkyl halides is 4. The Balaban J connectivity index is 1.67. The molecule has 2 saturated carbocycles. The minimum Gasteiger partial charge on any atom is -0.329 e. The molecule has 0 atom stereocenters. The van der Waals surface area contributed by atoms with Gasteiger partial charge in [0.05, 0.1) is 22.4 Å². The molecule has 0 saturated heterocycles. The smallest absolute Gasteiger partial charge is 0.329 e. The van der Waals surface area contributed by atoms with Crippen LogP contribution in [-0.2, 0) is 22.7 Å². The summed E-state index contributed by atoms with van der Waals surface area (Å²) in [6, 6.07) is 5.25. The van der Waals surface area contributed by atoms with Crippen LogP contribution in [0.4, 0.5) is 22.0 Å². The number of rotatable bonds is 6. The molecular formula is C23H19F5N4O2S. The Morgan fingerprint density at radius 2 is 1.94 bits per heavy atom. The van der Waals surface area contributed by atoms with E-state index < -0.39 is 55.8 Å². The highest BCUT2D eigenvalue weighted by Crippen LogP contribution is 2.42. The van der Waals surface area contributed by atoms with Crippen LogP contribution in [0.1, 0.15) is 48.4 Å². The summed E-state index contributed by atoms with van der Waals surface area (Å²) in [5, 5.41) is 9.14. The Morgan fingerprint density at radius 3 is 2.54 bits per heavy atom. The molecule has 0 amide bonds. The maximum absolute atomic E-state index is 15.3. The molecule has 2 aliphatic carbocycles. The van der Waals surface area contributed by atoms with Crippen LogP contribution in [0.5, 0.6) is 0 Å². The molecule has 2 fully saturated rings. The fourth-order valence-electron chi connectivity index (χ4n) is 4.37. The Labute approximate surface area is 197 Å². The van der Waals surface area contributed by atoms with Gasteiger partial charge in [-0.25, -0.2) is 26.9 Å². The van der Waals surface area contributed by atoms with Gasteiger partial charge in [-0.1, -0.05) is 6.07 Å². The van der Waals surface area contributed by atoms with Gasteiger partial charge in [0.1, 0.15) is 23.3 Å². The van der Waals surface area contributed by atoms with E-state index in [1.165, 1.54) is 6.20 Å². The highest BCUT2D eigenvalue weighted by atomic mass is 32.2. The molecule has 0 radical (unpaired) electrons. The normalized spacial score (nSPS) is 20.6. The standard InChI is InChI=1S/C23H19F5N4O2S/c24-14-6-15(7-14)32-11-13(10-30-35(33,34)16-4-5-16)17-8-19(25)21(31-22(17)32)20-12(9-29)2-1-3-18(20)23(26,27)28/h1-3,8,11,14-16,30H,4-7,10H2. The summed E-state index contributed by atoms with van der Waals surface area (Å²) in [5.41, 5.74) is -2.46. The van der Waals surface area contributed by atoms with E-state index in [0.29, 0.717) is 18.4 Å². The van der Waals surface area contributed by atoms with Gasteiger partial charge in [-0.05, 0) is 49.4 Å². The van der Waals surface area contributed by atoms with E-state index in [1.54, 1.807) is 10.6 Å². The van der Waals surface area contributed by atoms with Crippen LogP contribution in [0.15, 0.2) is 30.5 Å². The lowest BCUT2D eigenvalue weighted by Gasteiger charge is -2.31. The molecule has 2 aromatic heterocycles. The first-order chi connectivity index (χ1) is 16.5. The van der Waals surface area contributed by atoms with Crippen LogP contribution in [0.3, 0.4) is 0 Å². The molecule has 184 valence electrons. The topological polar surface area (TPSA) is 87.8 Å². The molecule has 1 aromatic carbocycles. The Kier molecular flexibility index (Phi) is 5.60. The van der Waals surface area contributed by atoms with E-state index >= 15 is 4.39 Å². The van der Waals surface area contributed by atoms with E-state index in [4.69, 9.17) is 0 Å². The molecule has 6 nitrogen and oxygen atoms in total. The van der Waals surface area contributed by atoms with Crippen molar-refractivity contribution in [2.24, 2.45) is 0 Å². The van der Waals surface area contributed by atoms with E-state index in [2.05, 4.69) is 9.71 Å². The number of hydrogen-bond donors (Lipinski definition) is 1. The van der Waals surface area contributed by atoms with Gasteiger partial charge in [0.2, 0.25) is 10.0 Å². The van der Waals surface area contributed by atoms with Crippen LogP contribution in [0.2, 0.25) is 0 Å². The average Bonchev–Trinajstić information content (AvgIpc) is 3.58. The molecule has 2 heterocycles. The number of hydrogen-bond acceptors (Lipinski definition) is 4. The van der Waals surface area contributed by atoms with Gasteiger partial charge in [0.25, 0.3) is 0 Å². The summed E-state index contributed by atoms with van der Waals surface area (Å²) in [4.78, 5) is 4.21. The van der Waals surface area contributed by atoms with Crippen molar-refractivity contribution in [3.8, 4) is 17.3 Å². The van der Waals surface area contributed by atoms with Gasteiger partial charge >= 0.3 is 6.18 Å². The van der Waals surface area contributed by atoms with Crippen molar-refractivity contribution < 1.29 is 30.4 Å². The Hall–Kier alpha value is -3.04. The zero-order valence-corrected chi connectivity index (χ0v) is 18.9. The average molecular weight is 510 g/mol. The van der Waals surface area contributed by atoms with Gasteiger partial charge < -0.3 is 4.57 Å². The van der Waals surface area contributed by atoms with Crippen LogP contribution < -0.4 is 4.72 Å². The van der Waals surface area contributed by atoms with Crippen molar-refractivity contribution in [1.82, 2.24) is 14.3 Å². The van der Waals surface area contributed by atoms with E-state index in [1.807, 2.05) is 0 Å². The second kappa shape index (κ2) is 8.27. The third-order valence-electron chi connectivity index (χ3n) is 6.44. The molecule has 12 heteroatoms. The number of halogens is 5. The highest BCUT2D eigenvalue weighted by Gasteiger charge is 2.38. The van der Waals surface area contributed by atoms with Gasteiger partial charge in [-0.15, -0.1) is 0 Å². The van der Waals surface area contributed by atoms with Crippen molar-refractivity contribution in [1.29, 1.82) is 5.26 Å². The zero-order valence-electron chi connectivity index (χ0n) is 18.1. The zero-order chi connectivity index (χ0) is 25.1. The van der Waals surface area contributed by atoms with Crippen molar-refractivity contribution in [2.75, 3.05) is 0 Å². The first-order valence-electron chi connectivity index (χ1n) is 10.9.